The summed E-state index contributed by atoms with van der Waals surface area (Å²) in [5.74, 6) is -0.797. The van der Waals surface area contributed by atoms with E-state index in [1.165, 1.54) is 29.2 Å². The van der Waals surface area contributed by atoms with Crippen molar-refractivity contribution in [1.82, 2.24) is 10.2 Å². The molecule has 0 aliphatic heterocycles. The number of ether oxygens (including phenoxy) is 1. The third-order valence-electron chi connectivity index (χ3n) is 4.08. The van der Waals surface area contributed by atoms with E-state index in [9.17, 15) is 14.0 Å². The lowest BCUT2D eigenvalue weighted by molar-refractivity contribution is -0.142. The van der Waals surface area contributed by atoms with Crippen molar-refractivity contribution in [2.24, 2.45) is 0 Å². The van der Waals surface area contributed by atoms with Crippen LogP contribution in [0.4, 0.5) is 4.39 Å². The van der Waals surface area contributed by atoms with Crippen LogP contribution in [0.5, 0.6) is 5.75 Å². The Hall–Kier alpha value is -2.31. The molecule has 0 saturated heterocycles. The molecule has 0 saturated carbocycles. The Kier molecular flexibility index (Phi) is 8.08. The van der Waals surface area contributed by atoms with Crippen LogP contribution in [0.1, 0.15) is 19.4 Å². The molecular weight excluding hydrogens is 406 g/mol. The topological polar surface area (TPSA) is 58.6 Å². The number of carbonyl (C=O) groups excluding carboxylic acids is 2. The van der Waals surface area contributed by atoms with Gasteiger partial charge < -0.3 is 15.0 Å². The molecule has 2 aromatic rings. The number of rotatable bonds is 8. The van der Waals surface area contributed by atoms with E-state index in [1.807, 2.05) is 0 Å². The molecule has 5 nitrogen and oxygen atoms in total. The first kappa shape index (κ1) is 22.0. The van der Waals surface area contributed by atoms with Gasteiger partial charge in [-0.3, -0.25) is 9.59 Å². The van der Waals surface area contributed by atoms with Crippen LogP contribution < -0.4 is 10.1 Å². The van der Waals surface area contributed by atoms with Crippen LogP contribution in [0.15, 0.2) is 42.5 Å². The van der Waals surface area contributed by atoms with Crippen LogP contribution >= 0.6 is 23.2 Å². The quantitative estimate of drug-likeness (QED) is 0.691. The van der Waals surface area contributed by atoms with Gasteiger partial charge in [0.1, 0.15) is 17.6 Å². The number of carbonyl (C=O) groups is 2. The van der Waals surface area contributed by atoms with Crippen LogP contribution in [0.3, 0.4) is 0 Å². The molecule has 0 radical (unpaired) electrons. The highest BCUT2D eigenvalue weighted by Gasteiger charge is 2.27. The zero-order valence-electron chi connectivity index (χ0n) is 15.5. The summed E-state index contributed by atoms with van der Waals surface area (Å²) >= 11 is 12.4. The number of halogens is 3. The normalized spacial score (nSPS) is 11.6. The third-order valence-corrected chi connectivity index (χ3v) is 4.79. The maximum absolute atomic E-state index is 13.0. The smallest absolute Gasteiger partial charge is 0.261 e. The van der Waals surface area contributed by atoms with Gasteiger partial charge in [-0.25, -0.2) is 4.39 Å². The molecule has 0 spiro atoms. The summed E-state index contributed by atoms with van der Waals surface area (Å²) in [6.07, 6.45) is 0. The van der Waals surface area contributed by atoms with Gasteiger partial charge in [0, 0.05) is 28.7 Å². The average Bonchev–Trinajstić information content (AvgIpc) is 2.67. The summed E-state index contributed by atoms with van der Waals surface area (Å²) in [5.41, 5.74) is 0.539. The first-order valence-corrected chi connectivity index (χ1v) is 9.47. The molecule has 0 aliphatic carbocycles. The number of nitrogens with one attached hydrogen (secondary N) is 1. The first-order valence-electron chi connectivity index (χ1n) is 8.72. The number of hydrogen-bond acceptors (Lipinski definition) is 3. The summed E-state index contributed by atoms with van der Waals surface area (Å²) in [6, 6.07) is 9.57. The molecule has 0 aliphatic rings. The highest BCUT2D eigenvalue weighted by atomic mass is 35.5. The second kappa shape index (κ2) is 10.3. The summed E-state index contributed by atoms with van der Waals surface area (Å²) in [4.78, 5) is 26.5. The fourth-order valence-electron chi connectivity index (χ4n) is 2.52. The van der Waals surface area contributed by atoms with Crippen LogP contribution in [0, 0.1) is 5.82 Å². The minimum atomic E-state index is -0.767. The van der Waals surface area contributed by atoms with Gasteiger partial charge in [-0.05, 0) is 50.2 Å². The van der Waals surface area contributed by atoms with Crippen LogP contribution in [0.2, 0.25) is 10.0 Å². The van der Waals surface area contributed by atoms with Gasteiger partial charge in [0.25, 0.3) is 5.91 Å². The molecule has 0 bridgehead atoms. The zero-order valence-corrected chi connectivity index (χ0v) is 17.1. The van der Waals surface area contributed by atoms with Crippen molar-refractivity contribution >= 4 is 35.0 Å². The largest absolute Gasteiger partial charge is 0.484 e. The molecule has 150 valence electrons. The maximum atomic E-state index is 13.0. The van der Waals surface area contributed by atoms with E-state index in [2.05, 4.69) is 5.32 Å². The Morgan fingerprint density at radius 1 is 1.14 bits per heavy atom. The van der Waals surface area contributed by atoms with Crippen molar-refractivity contribution < 1.29 is 18.7 Å². The maximum Gasteiger partial charge on any atom is 0.261 e. The standard InChI is InChI=1S/C20H21Cl2FN2O3/c1-3-24-20(27)13(2)25(11-16-17(21)5-4-6-18(16)22)19(26)12-28-15-9-7-14(23)8-10-15/h4-10,13H,3,11-12H2,1-2H3,(H,24,27)/t13-/m0/s1. The highest BCUT2D eigenvalue weighted by Crippen LogP contribution is 2.26. The molecule has 28 heavy (non-hydrogen) atoms. The summed E-state index contributed by atoms with van der Waals surface area (Å²) < 4.78 is 18.4. The summed E-state index contributed by atoms with van der Waals surface area (Å²) in [5, 5.41) is 3.49. The number of hydrogen-bond donors (Lipinski definition) is 1. The van der Waals surface area contributed by atoms with Crippen LogP contribution in [0.25, 0.3) is 0 Å². The molecular formula is C20H21Cl2FN2O3. The van der Waals surface area contributed by atoms with Gasteiger partial charge in [-0.15, -0.1) is 0 Å². The minimum absolute atomic E-state index is 0.0441. The number of nitrogens with zero attached hydrogens (tertiary/aromatic N) is 1. The molecule has 2 rings (SSSR count). The molecule has 0 fully saturated rings. The Labute approximate surface area is 173 Å². The molecule has 0 heterocycles. The Balaban J connectivity index is 2.20. The van der Waals surface area contributed by atoms with E-state index >= 15 is 0 Å². The second-order valence-electron chi connectivity index (χ2n) is 6.04. The lowest BCUT2D eigenvalue weighted by Gasteiger charge is -2.29. The predicted octanol–water partition coefficient (Wildman–Crippen LogP) is 4.06. The van der Waals surface area contributed by atoms with Crippen molar-refractivity contribution in [3.8, 4) is 5.75 Å². The van der Waals surface area contributed by atoms with Gasteiger partial charge in [-0.1, -0.05) is 29.3 Å². The van der Waals surface area contributed by atoms with Crippen molar-refractivity contribution in [2.45, 2.75) is 26.4 Å². The summed E-state index contributed by atoms with van der Waals surface area (Å²) in [7, 11) is 0. The van der Waals surface area contributed by atoms with Crippen molar-refractivity contribution in [1.29, 1.82) is 0 Å². The van der Waals surface area contributed by atoms with E-state index in [4.69, 9.17) is 27.9 Å². The van der Waals surface area contributed by atoms with Crippen molar-refractivity contribution in [3.63, 3.8) is 0 Å². The Morgan fingerprint density at radius 3 is 2.32 bits per heavy atom. The van der Waals surface area contributed by atoms with Gasteiger partial charge in [0.15, 0.2) is 6.61 Å². The monoisotopic (exact) mass is 426 g/mol. The summed E-state index contributed by atoms with van der Waals surface area (Å²) in [6.45, 7) is 3.56. The number of likely N-dealkylation sites (N-methyl/N-ethyl adjacent to an activating group) is 1. The van der Waals surface area contributed by atoms with E-state index in [1.54, 1.807) is 32.0 Å². The Bertz CT molecular complexity index is 810. The van der Waals surface area contributed by atoms with Crippen LogP contribution in [-0.2, 0) is 16.1 Å². The highest BCUT2D eigenvalue weighted by molar-refractivity contribution is 6.36. The molecule has 2 amide bonds. The minimum Gasteiger partial charge on any atom is -0.484 e. The van der Waals surface area contributed by atoms with Crippen molar-refractivity contribution in [2.75, 3.05) is 13.2 Å². The predicted molar refractivity (Wildman–Crippen MR) is 107 cm³/mol. The lowest BCUT2D eigenvalue weighted by Crippen LogP contribution is -2.49. The SMILES string of the molecule is CCNC(=O)[C@H](C)N(Cc1c(Cl)cccc1Cl)C(=O)COc1ccc(F)cc1. The fraction of sp³-hybridized carbons (Fsp3) is 0.300. The first-order chi connectivity index (χ1) is 13.3. The molecule has 1 atom stereocenters. The van der Waals surface area contributed by atoms with E-state index in [0.29, 0.717) is 27.9 Å². The lowest BCUT2D eigenvalue weighted by atomic mass is 10.1. The number of amides is 2. The van der Waals surface area contributed by atoms with Gasteiger partial charge >= 0.3 is 0 Å². The fourth-order valence-corrected chi connectivity index (χ4v) is 3.03. The molecule has 2 aromatic carbocycles. The second-order valence-corrected chi connectivity index (χ2v) is 6.85. The van der Waals surface area contributed by atoms with Crippen LogP contribution in [-0.4, -0.2) is 35.9 Å². The van der Waals surface area contributed by atoms with Gasteiger partial charge in [-0.2, -0.15) is 0 Å². The Morgan fingerprint density at radius 2 is 1.75 bits per heavy atom. The average molecular weight is 427 g/mol. The molecule has 8 heteroatoms. The van der Waals surface area contributed by atoms with Crippen molar-refractivity contribution in [3.05, 3.63) is 63.9 Å². The van der Waals surface area contributed by atoms with Gasteiger partial charge in [0.2, 0.25) is 5.91 Å². The third kappa shape index (κ3) is 5.84. The zero-order chi connectivity index (χ0) is 20.7. The van der Waals surface area contributed by atoms with E-state index in [-0.39, 0.29) is 19.1 Å². The molecule has 1 N–H and O–H groups in total. The molecule has 0 unspecified atom stereocenters. The number of benzene rings is 2. The molecule has 0 aromatic heterocycles. The van der Waals surface area contributed by atoms with Gasteiger partial charge in [0.05, 0.1) is 0 Å². The van der Waals surface area contributed by atoms with E-state index < -0.39 is 17.8 Å². The van der Waals surface area contributed by atoms with E-state index in [0.717, 1.165) is 0 Å².